The molecule has 0 aliphatic carbocycles. The minimum atomic E-state index is -0.627. The molecule has 0 unspecified atom stereocenters. The van der Waals surface area contributed by atoms with E-state index >= 15 is 0 Å². The van der Waals surface area contributed by atoms with Crippen molar-refractivity contribution < 1.29 is 5.11 Å². The maximum Gasteiger partial charge on any atom is 0.224 e. The average molecular weight is 308 g/mol. The Hall–Kier alpha value is -3.06. The van der Waals surface area contributed by atoms with Crippen LogP contribution in [-0.2, 0) is 0 Å². The van der Waals surface area contributed by atoms with E-state index in [1.54, 1.807) is 24.5 Å². The highest BCUT2D eigenvalue weighted by Crippen LogP contribution is 2.14. The molecule has 23 heavy (non-hydrogen) atoms. The summed E-state index contributed by atoms with van der Waals surface area (Å²) >= 11 is 0. The minimum Gasteiger partial charge on any atom is -0.387 e. The number of hydrogen-bond donors (Lipinski definition) is 3. The van der Waals surface area contributed by atoms with Crippen LogP contribution in [0.2, 0.25) is 0 Å². The number of rotatable bonds is 6. The zero-order valence-corrected chi connectivity index (χ0v) is 12.3. The molecule has 0 bridgehead atoms. The van der Waals surface area contributed by atoms with Gasteiger partial charge < -0.3 is 15.7 Å². The molecule has 116 valence electrons. The molecule has 1 atom stereocenters. The van der Waals surface area contributed by atoms with Crippen LogP contribution >= 0.6 is 0 Å². The van der Waals surface area contributed by atoms with Crippen molar-refractivity contribution in [2.45, 2.75) is 6.10 Å². The van der Waals surface area contributed by atoms with E-state index in [1.807, 2.05) is 30.3 Å². The van der Waals surface area contributed by atoms with Crippen LogP contribution in [0.15, 0.2) is 61.2 Å². The number of aliphatic hydroxyl groups excluding tert-OH is 1. The van der Waals surface area contributed by atoms with Crippen LogP contribution < -0.4 is 10.6 Å². The molecule has 7 heteroatoms. The van der Waals surface area contributed by atoms with Crippen molar-refractivity contribution >= 4 is 17.6 Å². The van der Waals surface area contributed by atoms with Gasteiger partial charge in [0.2, 0.25) is 5.95 Å². The highest BCUT2D eigenvalue weighted by Gasteiger charge is 2.07. The van der Waals surface area contributed by atoms with Crippen LogP contribution in [0.1, 0.15) is 11.7 Å². The van der Waals surface area contributed by atoms with Gasteiger partial charge in [0.25, 0.3) is 0 Å². The lowest BCUT2D eigenvalue weighted by Crippen LogP contribution is -2.14. The van der Waals surface area contributed by atoms with Gasteiger partial charge in [-0.05, 0) is 17.7 Å². The summed E-state index contributed by atoms with van der Waals surface area (Å²) in [5, 5.41) is 16.2. The maximum absolute atomic E-state index is 10.1. The monoisotopic (exact) mass is 308 g/mol. The van der Waals surface area contributed by atoms with Crippen LogP contribution in [-0.4, -0.2) is 31.6 Å². The fourth-order valence-electron chi connectivity index (χ4n) is 1.99. The van der Waals surface area contributed by atoms with E-state index in [0.29, 0.717) is 24.1 Å². The summed E-state index contributed by atoms with van der Waals surface area (Å²) in [4.78, 5) is 16.4. The molecular formula is C16H16N6O. The summed E-state index contributed by atoms with van der Waals surface area (Å²) < 4.78 is 0. The van der Waals surface area contributed by atoms with E-state index < -0.39 is 6.10 Å². The van der Waals surface area contributed by atoms with Crippen LogP contribution in [0.25, 0.3) is 0 Å². The van der Waals surface area contributed by atoms with Crippen molar-refractivity contribution in [1.29, 1.82) is 0 Å². The summed E-state index contributed by atoms with van der Waals surface area (Å²) in [7, 11) is 0. The SMILES string of the molecule is O[C@@H](CNc1nccc(Nc2ccncn2)n1)c1ccccc1. The van der Waals surface area contributed by atoms with E-state index in [-0.39, 0.29) is 0 Å². The third-order valence-electron chi connectivity index (χ3n) is 3.13. The molecule has 0 saturated carbocycles. The lowest BCUT2D eigenvalue weighted by atomic mass is 10.1. The molecule has 2 heterocycles. The first-order valence-corrected chi connectivity index (χ1v) is 7.14. The summed E-state index contributed by atoms with van der Waals surface area (Å²) in [5.74, 6) is 1.68. The number of nitrogens with one attached hydrogen (secondary N) is 2. The predicted octanol–water partition coefficient (Wildman–Crippen LogP) is 2.16. The molecule has 3 aromatic rings. The number of aliphatic hydroxyl groups is 1. The zero-order chi connectivity index (χ0) is 15.9. The Kier molecular flexibility index (Phi) is 4.70. The molecule has 0 spiro atoms. The standard InChI is InChI=1S/C16H16N6O/c23-13(12-4-2-1-3-5-12)10-19-16-18-9-7-15(22-16)21-14-6-8-17-11-20-14/h1-9,11,13,23H,10H2,(H2,17,18,19,20,21,22)/t13-/m0/s1. The molecular weight excluding hydrogens is 292 g/mol. The van der Waals surface area contributed by atoms with Gasteiger partial charge in [0.15, 0.2) is 0 Å². The van der Waals surface area contributed by atoms with Gasteiger partial charge in [-0.3, -0.25) is 0 Å². The predicted molar refractivity (Wildman–Crippen MR) is 87.2 cm³/mol. The first kappa shape index (κ1) is 14.9. The Bertz CT molecular complexity index is 738. The number of benzene rings is 1. The maximum atomic E-state index is 10.1. The Labute approximate surface area is 133 Å². The molecule has 7 nitrogen and oxygen atoms in total. The zero-order valence-electron chi connectivity index (χ0n) is 12.3. The average Bonchev–Trinajstić information content (AvgIpc) is 2.62. The normalized spacial score (nSPS) is 11.7. The molecule has 0 amide bonds. The first-order valence-electron chi connectivity index (χ1n) is 7.14. The molecule has 0 radical (unpaired) electrons. The highest BCUT2D eigenvalue weighted by atomic mass is 16.3. The van der Waals surface area contributed by atoms with E-state index in [0.717, 1.165) is 5.56 Å². The molecule has 2 aromatic heterocycles. The van der Waals surface area contributed by atoms with Gasteiger partial charge in [-0.2, -0.15) is 4.98 Å². The fourth-order valence-corrected chi connectivity index (χ4v) is 1.99. The van der Waals surface area contributed by atoms with Gasteiger partial charge in [-0.15, -0.1) is 0 Å². The van der Waals surface area contributed by atoms with Crippen LogP contribution in [0.4, 0.5) is 17.6 Å². The number of aromatic nitrogens is 4. The highest BCUT2D eigenvalue weighted by molar-refractivity contribution is 5.51. The van der Waals surface area contributed by atoms with E-state index in [2.05, 4.69) is 30.6 Å². The Morgan fingerprint density at radius 2 is 1.78 bits per heavy atom. The van der Waals surface area contributed by atoms with Gasteiger partial charge in [-0.25, -0.2) is 15.0 Å². The van der Waals surface area contributed by atoms with Crippen LogP contribution in [0.5, 0.6) is 0 Å². The number of nitrogens with zero attached hydrogens (tertiary/aromatic N) is 4. The molecule has 0 fully saturated rings. The summed E-state index contributed by atoms with van der Waals surface area (Å²) in [6.45, 7) is 0.320. The topological polar surface area (TPSA) is 95.8 Å². The molecule has 0 aliphatic rings. The number of hydrogen-bond acceptors (Lipinski definition) is 7. The molecule has 3 N–H and O–H groups in total. The Morgan fingerprint density at radius 3 is 2.57 bits per heavy atom. The number of anilines is 3. The summed E-state index contributed by atoms with van der Waals surface area (Å²) in [6, 6.07) is 12.9. The van der Waals surface area contributed by atoms with Crippen molar-refractivity contribution in [3.8, 4) is 0 Å². The molecule has 0 aliphatic heterocycles. The first-order chi connectivity index (χ1) is 11.3. The second kappa shape index (κ2) is 7.28. The minimum absolute atomic E-state index is 0.320. The smallest absolute Gasteiger partial charge is 0.224 e. The third kappa shape index (κ3) is 4.21. The lowest BCUT2D eigenvalue weighted by molar-refractivity contribution is 0.191. The quantitative estimate of drug-likeness (QED) is 0.642. The second-order valence-corrected chi connectivity index (χ2v) is 4.79. The van der Waals surface area contributed by atoms with Gasteiger partial charge in [0.1, 0.15) is 18.0 Å². The van der Waals surface area contributed by atoms with Gasteiger partial charge in [0, 0.05) is 18.9 Å². The second-order valence-electron chi connectivity index (χ2n) is 4.79. The third-order valence-corrected chi connectivity index (χ3v) is 3.13. The fraction of sp³-hybridized carbons (Fsp3) is 0.125. The van der Waals surface area contributed by atoms with Crippen molar-refractivity contribution in [2.24, 2.45) is 0 Å². The van der Waals surface area contributed by atoms with E-state index in [1.165, 1.54) is 6.33 Å². The van der Waals surface area contributed by atoms with E-state index in [9.17, 15) is 5.11 Å². The Balaban J connectivity index is 1.61. The van der Waals surface area contributed by atoms with Crippen molar-refractivity contribution in [3.63, 3.8) is 0 Å². The van der Waals surface area contributed by atoms with Crippen LogP contribution in [0, 0.1) is 0 Å². The molecule has 3 rings (SSSR count). The van der Waals surface area contributed by atoms with E-state index in [4.69, 9.17) is 0 Å². The lowest BCUT2D eigenvalue weighted by Gasteiger charge is -2.12. The van der Waals surface area contributed by atoms with Crippen molar-refractivity contribution in [3.05, 3.63) is 66.7 Å². The summed E-state index contributed by atoms with van der Waals surface area (Å²) in [6.07, 6.45) is 4.11. The Morgan fingerprint density at radius 1 is 0.957 bits per heavy atom. The van der Waals surface area contributed by atoms with Gasteiger partial charge in [0.05, 0.1) is 6.10 Å². The van der Waals surface area contributed by atoms with Crippen molar-refractivity contribution in [1.82, 2.24) is 19.9 Å². The molecule has 0 saturated heterocycles. The molecule has 1 aromatic carbocycles. The van der Waals surface area contributed by atoms with Crippen molar-refractivity contribution in [2.75, 3.05) is 17.2 Å². The van der Waals surface area contributed by atoms with Gasteiger partial charge >= 0.3 is 0 Å². The van der Waals surface area contributed by atoms with Crippen LogP contribution in [0.3, 0.4) is 0 Å². The largest absolute Gasteiger partial charge is 0.387 e. The van der Waals surface area contributed by atoms with Gasteiger partial charge in [-0.1, -0.05) is 30.3 Å². The summed E-state index contributed by atoms with van der Waals surface area (Å²) in [5.41, 5.74) is 0.843.